The number of hydrogen-bond donors (Lipinski definition) is 1. The van der Waals surface area contributed by atoms with Crippen molar-refractivity contribution in [3.05, 3.63) is 24.3 Å². The highest BCUT2D eigenvalue weighted by molar-refractivity contribution is 5.70. The molecule has 0 aromatic heterocycles. The van der Waals surface area contributed by atoms with Gasteiger partial charge in [0.2, 0.25) is 0 Å². The molecule has 0 saturated carbocycles. The molecule has 1 saturated heterocycles. The second kappa shape index (κ2) is 8.03. The Morgan fingerprint density at radius 2 is 1.95 bits per heavy atom. The van der Waals surface area contributed by atoms with Crippen LogP contribution >= 0.6 is 0 Å². The lowest BCUT2D eigenvalue weighted by molar-refractivity contribution is -0.140. The van der Waals surface area contributed by atoms with Crippen LogP contribution in [0.1, 0.15) is 19.8 Å². The minimum Gasteiger partial charge on any atom is -0.497 e. The number of ether oxygens (including phenoxy) is 1. The minimum atomic E-state index is -0.750. The van der Waals surface area contributed by atoms with Crippen LogP contribution in [0.4, 0.5) is 5.69 Å². The van der Waals surface area contributed by atoms with Crippen molar-refractivity contribution in [2.75, 3.05) is 44.7 Å². The number of carbonyl (C=O) groups is 1. The van der Waals surface area contributed by atoms with Gasteiger partial charge in [-0.15, -0.1) is 0 Å². The maximum atomic E-state index is 11.2. The highest BCUT2D eigenvalue weighted by Gasteiger charge is 2.18. The normalized spacial score (nSPS) is 16.5. The van der Waals surface area contributed by atoms with E-state index in [1.807, 2.05) is 24.3 Å². The van der Waals surface area contributed by atoms with Gasteiger partial charge in [-0.25, -0.2) is 0 Å². The smallest absolute Gasteiger partial charge is 0.308 e. The molecule has 22 heavy (non-hydrogen) atoms. The molecule has 1 aromatic rings. The van der Waals surface area contributed by atoms with Crippen LogP contribution < -0.4 is 9.64 Å². The second-order valence-corrected chi connectivity index (χ2v) is 5.93. The Labute approximate surface area is 132 Å². The number of rotatable bonds is 8. The molecule has 0 radical (unpaired) electrons. The van der Waals surface area contributed by atoms with E-state index in [-0.39, 0.29) is 5.92 Å². The van der Waals surface area contributed by atoms with Gasteiger partial charge in [0.05, 0.1) is 13.0 Å². The second-order valence-electron chi connectivity index (χ2n) is 5.93. The number of carboxylic acid groups (broad SMARTS) is 1. The van der Waals surface area contributed by atoms with Gasteiger partial charge in [-0.2, -0.15) is 0 Å². The SMILES string of the molecule is COc1ccc(N(CCN2CCCC2)CC(C)C(=O)O)cc1. The topological polar surface area (TPSA) is 53.0 Å². The van der Waals surface area contributed by atoms with E-state index in [0.717, 1.165) is 37.6 Å². The summed E-state index contributed by atoms with van der Waals surface area (Å²) >= 11 is 0. The first-order valence-corrected chi connectivity index (χ1v) is 7.94. The van der Waals surface area contributed by atoms with Gasteiger partial charge in [-0.3, -0.25) is 4.79 Å². The molecule has 1 fully saturated rings. The van der Waals surface area contributed by atoms with Crippen molar-refractivity contribution in [2.45, 2.75) is 19.8 Å². The molecule has 1 atom stereocenters. The number of benzene rings is 1. The average molecular weight is 306 g/mol. The van der Waals surface area contributed by atoms with Crippen molar-refractivity contribution in [3.8, 4) is 5.75 Å². The molecule has 5 heteroatoms. The third-order valence-corrected chi connectivity index (χ3v) is 4.24. The first-order chi connectivity index (χ1) is 10.6. The van der Waals surface area contributed by atoms with E-state index in [2.05, 4.69) is 9.80 Å². The monoisotopic (exact) mass is 306 g/mol. The average Bonchev–Trinajstić information content (AvgIpc) is 3.04. The molecule has 1 heterocycles. The van der Waals surface area contributed by atoms with E-state index >= 15 is 0 Å². The number of anilines is 1. The summed E-state index contributed by atoms with van der Waals surface area (Å²) in [6, 6.07) is 7.84. The molecule has 1 N–H and O–H groups in total. The van der Waals surface area contributed by atoms with Gasteiger partial charge in [0, 0.05) is 25.3 Å². The first-order valence-electron chi connectivity index (χ1n) is 7.94. The van der Waals surface area contributed by atoms with Gasteiger partial charge in [0.15, 0.2) is 0 Å². The van der Waals surface area contributed by atoms with E-state index in [0.29, 0.717) is 6.54 Å². The van der Waals surface area contributed by atoms with Crippen molar-refractivity contribution in [1.82, 2.24) is 4.90 Å². The van der Waals surface area contributed by atoms with Crippen molar-refractivity contribution in [1.29, 1.82) is 0 Å². The van der Waals surface area contributed by atoms with Crippen molar-refractivity contribution in [3.63, 3.8) is 0 Å². The fourth-order valence-corrected chi connectivity index (χ4v) is 2.80. The Hall–Kier alpha value is -1.75. The highest BCUT2D eigenvalue weighted by atomic mass is 16.5. The minimum absolute atomic E-state index is 0.388. The molecule has 0 bridgehead atoms. The van der Waals surface area contributed by atoms with Gasteiger partial charge >= 0.3 is 5.97 Å². The molecule has 0 aliphatic carbocycles. The molecule has 5 nitrogen and oxygen atoms in total. The first kappa shape index (κ1) is 16.6. The maximum Gasteiger partial charge on any atom is 0.308 e. The molecular formula is C17H26N2O3. The summed E-state index contributed by atoms with van der Waals surface area (Å²) < 4.78 is 5.19. The van der Waals surface area contributed by atoms with Crippen LogP contribution in [-0.4, -0.2) is 55.8 Å². The molecular weight excluding hydrogens is 280 g/mol. The van der Waals surface area contributed by atoms with Crippen LogP contribution in [0.3, 0.4) is 0 Å². The van der Waals surface area contributed by atoms with E-state index in [4.69, 9.17) is 4.74 Å². The fraction of sp³-hybridized carbons (Fsp3) is 0.588. The third kappa shape index (κ3) is 4.63. The van der Waals surface area contributed by atoms with E-state index in [1.165, 1.54) is 12.8 Å². The van der Waals surface area contributed by atoms with Crippen molar-refractivity contribution in [2.24, 2.45) is 5.92 Å². The Kier molecular flexibility index (Phi) is 6.07. The summed E-state index contributed by atoms with van der Waals surface area (Å²) in [5, 5.41) is 9.18. The third-order valence-electron chi connectivity index (χ3n) is 4.24. The molecule has 122 valence electrons. The summed E-state index contributed by atoms with van der Waals surface area (Å²) in [6.07, 6.45) is 2.54. The van der Waals surface area contributed by atoms with Gasteiger partial charge in [-0.1, -0.05) is 6.92 Å². The molecule has 1 aliphatic heterocycles. The summed E-state index contributed by atoms with van der Waals surface area (Å²) in [7, 11) is 1.65. The zero-order valence-corrected chi connectivity index (χ0v) is 13.5. The molecule has 1 aliphatic rings. The largest absolute Gasteiger partial charge is 0.497 e. The van der Waals surface area contributed by atoms with Crippen LogP contribution in [0.5, 0.6) is 5.75 Å². The summed E-state index contributed by atoms with van der Waals surface area (Å²) in [5.74, 6) is -0.324. The highest BCUT2D eigenvalue weighted by Crippen LogP contribution is 2.20. The zero-order chi connectivity index (χ0) is 15.9. The number of carboxylic acids is 1. The predicted molar refractivity (Wildman–Crippen MR) is 87.7 cm³/mol. The van der Waals surface area contributed by atoms with Crippen LogP contribution in [0.2, 0.25) is 0 Å². The van der Waals surface area contributed by atoms with E-state index in [9.17, 15) is 9.90 Å². The summed E-state index contributed by atoms with van der Waals surface area (Å²) in [5.41, 5.74) is 1.05. The lowest BCUT2D eigenvalue weighted by atomic mass is 10.1. The number of nitrogens with zero attached hydrogens (tertiary/aromatic N) is 2. The van der Waals surface area contributed by atoms with Crippen LogP contribution in [-0.2, 0) is 4.79 Å². The fourth-order valence-electron chi connectivity index (χ4n) is 2.80. The zero-order valence-electron chi connectivity index (χ0n) is 13.5. The number of methoxy groups -OCH3 is 1. The van der Waals surface area contributed by atoms with E-state index < -0.39 is 5.97 Å². The number of aliphatic carboxylic acids is 1. The molecule has 0 spiro atoms. The van der Waals surface area contributed by atoms with Gasteiger partial charge < -0.3 is 19.6 Å². The standard InChI is InChI=1S/C17H26N2O3/c1-14(17(20)21)13-19(12-11-18-9-3-4-10-18)15-5-7-16(22-2)8-6-15/h5-8,14H,3-4,9-13H2,1-2H3,(H,20,21). The lowest BCUT2D eigenvalue weighted by Crippen LogP contribution is -2.38. The van der Waals surface area contributed by atoms with Gasteiger partial charge in [-0.05, 0) is 50.2 Å². The van der Waals surface area contributed by atoms with Crippen LogP contribution in [0, 0.1) is 5.92 Å². The Morgan fingerprint density at radius 3 is 2.50 bits per heavy atom. The Bertz CT molecular complexity index is 469. The Morgan fingerprint density at radius 1 is 1.32 bits per heavy atom. The molecule has 1 aromatic carbocycles. The quantitative estimate of drug-likeness (QED) is 0.799. The van der Waals surface area contributed by atoms with Crippen molar-refractivity contribution >= 4 is 11.7 Å². The van der Waals surface area contributed by atoms with Crippen LogP contribution in [0.25, 0.3) is 0 Å². The predicted octanol–water partition coefficient (Wildman–Crippen LogP) is 2.32. The van der Waals surface area contributed by atoms with Crippen molar-refractivity contribution < 1.29 is 14.6 Å². The summed E-state index contributed by atoms with van der Waals surface area (Å²) in [6.45, 7) is 6.43. The van der Waals surface area contributed by atoms with Gasteiger partial charge in [0.25, 0.3) is 0 Å². The van der Waals surface area contributed by atoms with Crippen LogP contribution in [0.15, 0.2) is 24.3 Å². The molecule has 0 amide bonds. The molecule has 2 rings (SSSR count). The number of hydrogen-bond acceptors (Lipinski definition) is 4. The lowest BCUT2D eigenvalue weighted by Gasteiger charge is -2.29. The summed E-state index contributed by atoms with van der Waals surface area (Å²) in [4.78, 5) is 15.8. The van der Waals surface area contributed by atoms with Gasteiger partial charge in [0.1, 0.15) is 5.75 Å². The van der Waals surface area contributed by atoms with E-state index in [1.54, 1.807) is 14.0 Å². The number of likely N-dealkylation sites (tertiary alicyclic amines) is 1. The Balaban J connectivity index is 2.03. The maximum absolute atomic E-state index is 11.2. The molecule has 1 unspecified atom stereocenters.